The number of pyridine rings is 1. The largest absolute Gasteiger partial charge is 0.481 e. The number of carbonyl (C=O) groups is 1. The van der Waals surface area contributed by atoms with Gasteiger partial charge in [-0.25, -0.2) is 9.97 Å². The molecule has 0 amide bonds. The van der Waals surface area contributed by atoms with E-state index in [-0.39, 0.29) is 6.42 Å². The number of rotatable bonds is 9. The van der Waals surface area contributed by atoms with Crippen LogP contribution in [0.4, 0.5) is 0 Å². The standard InChI is InChI=1S/C23H27N5O3/c1-31-22-15-24-20(14-25-22)21(13-23(29)30)28-18(11-12-26-28)7-4-6-17-10-9-16-5-2-3-8-19(16)27-17/h9-12,14-15,21H,2-8,13H2,1H3,(H,29,30)/p+1. The smallest absolute Gasteiger partial charge is 0.310 e. The molecule has 1 atom stereocenters. The Bertz CT molecular complexity index is 1030. The summed E-state index contributed by atoms with van der Waals surface area (Å²) in [5.41, 5.74) is 5.40. The summed E-state index contributed by atoms with van der Waals surface area (Å²) in [6.45, 7) is 0. The van der Waals surface area contributed by atoms with Crippen LogP contribution in [0.3, 0.4) is 0 Å². The average molecular weight is 423 g/mol. The van der Waals surface area contributed by atoms with Crippen molar-refractivity contribution in [1.29, 1.82) is 0 Å². The molecule has 0 bridgehead atoms. The summed E-state index contributed by atoms with van der Waals surface area (Å²) >= 11 is 0. The first-order valence-corrected chi connectivity index (χ1v) is 10.8. The number of nitrogens with zero attached hydrogens (tertiary/aromatic N) is 4. The minimum absolute atomic E-state index is 0.0917. The van der Waals surface area contributed by atoms with Gasteiger partial charge in [0, 0.05) is 23.9 Å². The van der Waals surface area contributed by atoms with Gasteiger partial charge in [0.25, 0.3) is 0 Å². The van der Waals surface area contributed by atoms with Crippen LogP contribution in [0.15, 0.2) is 36.8 Å². The fourth-order valence-electron chi connectivity index (χ4n) is 4.19. The molecule has 4 rings (SSSR count). The van der Waals surface area contributed by atoms with Crippen LogP contribution >= 0.6 is 0 Å². The molecule has 1 aliphatic rings. The van der Waals surface area contributed by atoms with Gasteiger partial charge in [0.2, 0.25) is 17.6 Å². The zero-order valence-electron chi connectivity index (χ0n) is 17.8. The van der Waals surface area contributed by atoms with Crippen LogP contribution in [-0.4, -0.2) is 38.2 Å². The molecule has 8 heteroatoms. The van der Waals surface area contributed by atoms with Crippen molar-refractivity contribution in [3.05, 3.63) is 65.1 Å². The molecule has 1 aliphatic carbocycles. The summed E-state index contributed by atoms with van der Waals surface area (Å²) < 4.78 is 6.94. The Morgan fingerprint density at radius 2 is 2.06 bits per heavy atom. The summed E-state index contributed by atoms with van der Waals surface area (Å²) in [6.07, 6.45) is 12.2. The van der Waals surface area contributed by atoms with E-state index in [1.165, 1.54) is 37.4 Å². The molecule has 0 fully saturated rings. The first kappa shape index (κ1) is 21.0. The van der Waals surface area contributed by atoms with Gasteiger partial charge in [0.1, 0.15) is 12.1 Å². The Hall–Kier alpha value is -3.29. The highest BCUT2D eigenvalue weighted by Crippen LogP contribution is 2.20. The first-order chi connectivity index (χ1) is 15.1. The van der Waals surface area contributed by atoms with Crippen LogP contribution in [0.1, 0.15) is 60.1 Å². The van der Waals surface area contributed by atoms with E-state index in [1.54, 1.807) is 6.20 Å². The van der Waals surface area contributed by atoms with Gasteiger partial charge in [-0.15, -0.1) is 4.68 Å². The van der Waals surface area contributed by atoms with E-state index in [1.807, 2.05) is 16.9 Å². The lowest BCUT2D eigenvalue weighted by atomic mass is 9.95. The van der Waals surface area contributed by atoms with Crippen molar-refractivity contribution in [2.24, 2.45) is 0 Å². The molecule has 162 valence electrons. The summed E-state index contributed by atoms with van der Waals surface area (Å²) in [4.78, 5) is 24.9. The molecule has 0 saturated carbocycles. The maximum Gasteiger partial charge on any atom is 0.310 e. The highest BCUT2D eigenvalue weighted by atomic mass is 16.5. The van der Waals surface area contributed by atoms with Crippen LogP contribution in [-0.2, 0) is 30.5 Å². The van der Waals surface area contributed by atoms with E-state index >= 15 is 0 Å². The second-order valence-corrected chi connectivity index (χ2v) is 7.89. The Morgan fingerprint density at radius 3 is 2.84 bits per heavy atom. The summed E-state index contributed by atoms with van der Waals surface area (Å²) in [7, 11) is 1.52. The molecule has 3 aromatic heterocycles. The van der Waals surface area contributed by atoms with Crippen molar-refractivity contribution in [2.45, 2.75) is 57.4 Å². The molecule has 0 aliphatic heterocycles. The van der Waals surface area contributed by atoms with E-state index in [4.69, 9.17) is 9.72 Å². The number of carboxylic acid groups (broad SMARTS) is 1. The number of aliphatic carboxylic acids is 1. The van der Waals surface area contributed by atoms with E-state index in [0.29, 0.717) is 11.6 Å². The highest BCUT2D eigenvalue weighted by Gasteiger charge is 2.30. The SMILES string of the molecule is COc1cnc(C(CC(=O)O)[n+]2[nH]ccc2CCCc2ccc3c(n2)CCCC3)cn1. The highest BCUT2D eigenvalue weighted by molar-refractivity contribution is 5.67. The Balaban J connectivity index is 1.46. The second-order valence-electron chi connectivity index (χ2n) is 7.89. The van der Waals surface area contributed by atoms with Gasteiger partial charge in [-0.1, -0.05) is 6.07 Å². The summed E-state index contributed by atoms with van der Waals surface area (Å²) in [6, 6.07) is 5.91. The third-order valence-corrected chi connectivity index (χ3v) is 5.78. The van der Waals surface area contributed by atoms with Gasteiger partial charge in [0.05, 0.1) is 25.7 Å². The zero-order valence-corrected chi connectivity index (χ0v) is 17.8. The van der Waals surface area contributed by atoms with Crippen molar-refractivity contribution in [3.63, 3.8) is 0 Å². The van der Waals surface area contributed by atoms with E-state index in [0.717, 1.165) is 43.5 Å². The lowest BCUT2D eigenvalue weighted by Gasteiger charge is -2.15. The van der Waals surface area contributed by atoms with Crippen molar-refractivity contribution in [2.75, 3.05) is 7.11 Å². The molecule has 8 nitrogen and oxygen atoms in total. The third kappa shape index (κ3) is 5.07. The Morgan fingerprint density at radius 1 is 1.19 bits per heavy atom. The van der Waals surface area contributed by atoms with Gasteiger partial charge in [-0.05, 0) is 50.2 Å². The summed E-state index contributed by atoms with van der Waals surface area (Å²) in [5.74, 6) is -0.499. The van der Waals surface area contributed by atoms with Crippen molar-refractivity contribution in [3.8, 4) is 5.88 Å². The van der Waals surface area contributed by atoms with Gasteiger partial charge in [-0.2, -0.15) is 5.10 Å². The molecular formula is C23H28N5O3+. The number of aromatic amines is 1. The number of ether oxygens (including phenoxy) is 1. The van der Waals surface area contributed by atoms with E-state index < -0.39 is 12.0 Å². The van der Waals surface area contributed by atoms with Crippen molar-refractivity contribution >= 4 is 5.97 Å². The van der Waals surface area contributed by atoms with Gasteiger partial charge >= 0.3 is 5.97 Å². The number of H-pyrrole nitrogens is 1. The molecule has 0 radical (unpaired) electrons. The Labute approximate surface area is 181 Å². The Kier molecular flexibility index (Phi) is 6.54. The topological polar surface area (TPSA) is 105 Å². The third-order valence-electron chi connectivity index (χ3n) is 5.78. The van der Waals surface area contributed by atoms with Crippen LogP contribution in [0.5, 0.6) is 5.88 Å². The minimum Gasteiger partial charge on any atom is -0.481 e. The number of nitrogens with one attached hydrogen (secondary N) is 1. The maximum atomic E-state index is 11.5. The molecule has 1 unspecified atom stereocenters. The monoisotopic (exact) mass is 422 g/mol. The number of hydrogen-bond acceptors (Lipinski definition) is 5. The zero-order chi connectivity index (χ0) is 21.6. The average Bonchev–Trinajstić information content (AvgIpc) is 3.25. The molecule has 31 heavy (non-hydrogen) atoms. The number of methoxy groups -OCH3 is 1. The van der Waals surface area contributed by atoms with Gasteiger partial charge in [0.15, 0.2) is 0 Å². The normalized spacial score (nSPS) is 14.1. The number of fused-ring (bicyclic) bond motifs is 1. The second kappa shape index (κ2) is 9.68. The maximum absolute atomic E-state index is 11.5. The number of aryl methyl sites for hydroxylation is 4. The van der Waals surface area contributed by atoms with Gasteiger partial charge in [-0.3, -0.25) is 9.78 Å². The molecule has 2 N–H and O–H groups in total. The minimum atomic E-state index is -0.895. The van der Waals surface area contributed by atoms with Crippen LogP contribution < -0.4 is 9.42 Å². The molecule has 3 aromatic rings. The molecule has 0 saturated heterocycles. The number of hydrogen-bond donors (Lipinski definition) is 2. The van der Waals surface area contributed by atoms with Crippen LogP contribution in [0.25, 0.3) is 0 Å². The lowest BCUT2D eigenvalue weighted by Crippen LogP contribution is -2.46. The predicted octanol–water partition coefficient (Wildman–Crippen LogP) is 2.61. The molecule has 3 heterocycles. The fourth-order valence-corrected chi connectivity index (χ4v) is 4.19. The lowest BCUT2D eigenvalue weighted by molar-refractivity contribution is -0.771. The van der Waals surface area contributed by atoms with Gasteiger partial charge < -0.3 is 9.84 Å². The predicted molar refractivity (Wildman–Crippen MR) is 113 cm³/mol. The van der Waals surface area contributed by atoms with Crippen LogP contribution in [0.2, 0.25) is 0 Å². The van der Waals surface area contributed by atoms with E-state index in [2.05, 4.69) is 27.2 Å². The number of aromatic nitrogens is 5. The van der Waals surface area contributed by atoms with Crippen molar-refractivity contribution in [1.82, 2.24) is 20.1 Å². The van der Waals surface area contributed by atoms with Crippen molar-refractivity contribution < 1.29 is 19.3 Å². The molecular weight excluding hydrogens is 394 g/mol. The first-order valence-electron chi connectivity index (χ1n) is 10.8. The summed E-state index contributed by atoms with van der Waals surface area (Å²) in [5, 5.41) is 12.6. The molecule has 0 spiro atoms. The van der Waals surface area contributed by atoms with Crippen LogP contribution in [0, 0.1) is 0 Å². The quantitative estimate of drug-likeness (QED) is 0.514. The molecule has 0 aromatic carbocycles. The fraction of sp³-hybridized carbons (Fsp3) is 0.435. The van der Waals surface area contributed by atoms with E-state index in [9.17, 15) is 9.90 Å². The number of carboxylic acids is 1.